The minimum atomic E-state index is -1.32. The highest BCUT2D eigenvalue weighted by molar-refractivity contribution is 9.10. The van der Waals surface area contributed by atoms with Crippen molar-refractivity contribution in [3.63, 3.8) is 0 Å². The van der Waals surface area contributed by atoms with Gasteiger partial charge in [0.25, 0.3) is 0 Å². The van der Waals surface area contributed by atoms with Crippen LogP contribution in [-0.4, -0.2) is 40.4 Å². The molecule has 1 aromatic rings. The number of hydrogen-bond acceptors (Lipinski definition) is 6. The number of carbonyl (C=O) groups excluding carboxylic acids is 1. The summed E-state index contributed by atoms with van der Waals surface area (Å²) >= 11 is 4.55. The number of aliphatic carboxylic acids is 1. The number of thiazole rings is 1. The summed E-state index contributed by atoms with van der Waals surface area (Å²) in [6.07, 6.45) is 4.60. The van der Waals surface area contributed by atoms with Gasteiger partial charge >= 0.3 is 12.1 Å². The Kier molecular flexibility index (Phi) is 7.81. The van der Waals surface area contributed by atoms with Gasteiger partial charge in [0.05, 0.1) is 6.61 Å². The predicted molar refractivity (Wildman–Crippen MR) is 106 cm³/mol. The summed E-state index contributed by atoms with van der Waals surface area (Å²) in [6, 6.07) is -1.32. The molecule has 0 saturated carbocycles. The molecule has 9 heteroatoms. The van der Waals surface area contributed by atoms with Crippen LogP contribution in [0.3, 0.4) is 0 Å². The summed E-state index contributed by atoms with van der Waals surface area (Å²) in [4.78, 5) is 28.3. The Morgan fingerprint density at radius 2 is 2.15 bits per heavy atom. The Labute approximate surface area is 171 Å². The summed E-state index contributed by atoms with van der Waals surface area (Å²) in [5, 5.41) is 14.3. The van der Waals surface area contributed by atoms with E-state index in [9.17, 15) is 14.7 Å². The topological polar surface area (TPSA) is 97.8 Å². The van der Waals surface area contributed by atoms with Crippen molar-refractivity contribution in [2.75, 3.05) is 6.61 Å². The third-order valence-corrected chi connectivity index (χ3v) is 5.43. The lowest BCUT2D eigenvalue weighted by Crippen LogP contribution is -2.47. The van der Waals surface area contributed by atoms with Crippen molar-refractivity contribution in [1.29, 1.82) is 0 Å². The first-order valence-electron chi connectivity index (χ1n) is 8.78. The van der Waals surface area contributed by atoms with Crippen LogP contribution in [-0.2, 0) is 14.3 Å². The second-order valence-electron chi connectivity index (χ2n) is 7.31. The van der Waals surface area contributed by atoms with E-state index in [2.05, 4.69) is 32.3 Å². The molecule has 0 saturated heterocycles. The summed E-state index contributed by atoms with van der Waals surface area (Å²) in [7, 11) is 0. The molecule has 150 valence electrons. The maximum atomic E-state index is 12.1. The third kappa shape index (κ3) is 7.23. The third-order valence-electron chi connectivity index (χ3n) is 3.81. The molecule has 27 heavy (non-hydrogen) atoms. The first kappa shape index (κ1) is 21.8. The van der Waals surface area contributed by atoms with Crippen molar-refractivity contribution in [2.24, 2.45) is 0 Å². The van der Waals surface area contributed by atoms with E-state index in [0.717, 1.165) is 31.3 Å². The second kappa shape index (κ2) is 9.66. The van der Waals surface area contributed by atoms with Crippen LogP contribution in [0, 0.1) is 0 Å². The molecule has 1 heterocycles. The van der Waals surface area contributed by atoms with Gasteiger partial charge in [0.2, 0.25) is 0 Å². The van der Waals surface area contributed by atoms with Gasteiger partial charge in [-0.25, -0.2) is 14.6 Å². The van der Waals surface area contributed by atoms with E-state index in [1.165, 1.54) is 11.3 Å². The molecule has 7 nitrogen and oxygen atoms in total. The number of carboxylic acids is 1. The number of rotatable bonds is 7. The summed E-state index contributed by atoms with van der Waals surface area (Å²) in [6.45, 7) is 5.44. The quantitative estimate of drug-likeness (QED) is 0.583. The number of nitrogens with one attached hydrogen (secondary N) is 1. The number of allylic oxidation sites excluding steroid dienone is 1. The van der Waals surface area contributed by atoms with Gasteiger partial charge in [-0.05, 0) is 68.0 Å². The number of carbonyl (C=O) groups is 2. The number of nitrogens with zero attached hydrogens (tertiary/aromatic N) is 1. The lowest BCUT2D eigenvalue weighted by molar-refractivity contribution is -0.144. The zero-order chi connectivity index (χ0) is 20.0. The molecule has 2 atom stereocenters. The highest BCUT2D eigenvalue weighted by Crippen LogP contribution is 2.29. The van der Waals surface area contributed by atoms with E-state index in [1.54, 1.807) is 26.2 Å². The van der Waals surface area contributed by atoms with E-state index in [4.69, 9.17) is 9.47 Å². The Bertz CT molecular complexity index is 698. The normalized spacial score (nSPS) is 17.0. The Morgan fingerprint density at radius 3 is 2.67 bits per heavy atom. The van der Waals surface area contributed by atoms with Crippen molar-refractivity contribution in [3.05, 3.63) is 26.6 Å². The summed E-state index contributed by atoms with van der Waals surface area (Å²) < 4.78 is 11.7. The molecular formula is C18H25BrN2O5S. The predicted octanol–water partition coefficient (Wildman–Crippen LogP) is 4.44. The molecule has 1 aliphatic rings. The molecule has 0 spiro atoms. The molecule has 0 unspecified atom stereocenters. The largest absolute Gasteiger partial charge is 0.480 e. The van der Waals surface area contributed by atoms with Crippen LogP contribution in [0.25, 0.3) is 0 Å². The highest BCUT2D eigenvalue weighted by Gasteiger charge is 2.35. The van der Waals surface area contributed by atoms with E-state index in [1.807, 2.05) is 0 Å². The maximum Gasteiger partial charge on any atom is 0.408 e. The molecule has 2 rings (SSSR count). The van der Waals surface area contributed by atoms with Gasteiger partial charge in [0.15, 0.2) is 6.04 Å². The molecule has 0 bridgehead atoms. The molecule has 0 aliphatic heterocycles. The standard InChI is InChI=1S/C18H25BrN2O5S/c1-18(2,3)26-17(24)21-13(16(22)23)14(15-20-12(19)10-27-15)25-9-11-7-5-4-6-8-11/h7,10,13-14H,4-6,8-9H2,1-3H3,(H,21,24)(H,22,23)/t13-,14-/m0/s1. The van der Waals surface area contributed by atoms with Crippen LogP contribution in [0.4, 0.5) is 4.79 Å². The van der Waals surface area contributed by atoms with Gasteiger partial charge < -0.3 is 19.9 Å². The van der Waals surface area contributed by atoms with Crippen LogP contribution in [0.2, 0.25) is 0 Å². The second-order valence-corrected chi connectivity index (χ2v) is 9.01. The molecule has 1 aliphatic carbocycles. The van der Waals surface area contributed by atoms with Crippen molar-refractivity contribution in [1.82, 2.24) is 10.3 Å². The Morgan fingerprint density at radius 1 is 1.41 bits per heavy atom. The van der Waals surface area contributed by atoms with Crippen molar-refractivity contribution in [2.45, 2.75) is 64.2 Å². The van der Waals surface area contributed by atoms with Crippen LogP contribution >= 0.6 is 27.3 Å². The summed E-state index contributed by atoms with van der Waals surface area (Å²) in [5.74, 6) is -1.21. The maximum absolute atomic E-state index is 12.1. The molecular weight excluding hydrogens is 436 g/mol. The number of carboxylic acid groups (broad SMARTS) is 1. The zero-order valence-electron chi connectivity index (χ0n) is 15.7. The number of hydrogen-bond donors (Lipinski definition) is 2. The average molecular weight is 461 g/mol. The van der Waals surface area contributed by atoms with Gasteiger partial charge in [-0.3, -0.25) is 0 Å². The van der Waals surface area contributed by atoms with Crippen LogP contribution in [0.1, 0.15) is 57.6 Å². The number of aromatic nitrogens is 1. The molecule has 1 aromatic heterocycles. The monoisotopic (exact) mass is 460 g/mol. The number of halogens is 1. The van der Waals surface area contributed by atoms with Crippen molar-refractivity contribution in [3.8, 4) is 0 Å². The van der Waals surface area contributed by atoms with Gasteiger partial charge in [0.1, 0.15) is 21.3 Å². The fourth-order valence-electron chi connectivity index (χ4n) is 2.64. The molecule has 2 N–H and O–H groups in total. The molecule has 0 aromatic carbocycles. The smallest absolute Gasteiger partial charge is 0.408 e. The van der Waals surface area contributed by atoms with Gasteiger partial charge in [0, 0.05) is 5.38 Å². The van der Waals surface area contributed by atoms with Crippen LogP contribution < -0.4 is 5.32 Å². The number of ether oxygens (including phenoxy) is 2. The van der Waals surface area contributed by atoms with Gasteiger partial charge in [-0.15, -0.1) is 11.3 Å². The minimum Gasteiger partial charge on any atom is -0.480 e. The lowest BCUT2D eigenvalue weighted by atomic mass is 10.0. The fraction of sp³-hybridized carbons (Fsp3) is 0.611. The molecule has 0 fully saturated rings. The number of alkyl carbamates (subject to hydrolysis) is 1. The van der Waals surface area contributed by atoms with Gasteiger partial charge in [-0.2, -0.15) is 0 Å². The fourth-order valence-corrected chi connectivity index (χ4v) is 3.99. The SMILES string of the molecule is CC(C)(C)OC(=O)N[C@H](C(=O)O)[C@H](OCC1=CCCCC1)c1nc(Br)cs1. The van der Waals surface area contributed by atoms with E-state index in [-0.39, 0.29) is 0 Å². The van der Waals surface area contributed by atoms with Crippen molar-refractivity contribution < 1.29 is 24.2 Å². The van der Waals surface area contributed by atoms with Crippen LogP contribution in [0.5, 0.6) is 0 Å². The molecule has 1 amide bonds. The van der Waals surface area contributed by atoms with E-state index in [0.29, 0.717) is 16.2 Å². The van der Waals surface area contributed by atoms with E-state index >= 15 is 0 Å². The lowest BCUT2D eigenvalue weighted by Gasteiger charge is -2.26. The minimum absolute atomic E-state index is 0.307. The first-order valence-corrected chi connectivity index (χ1v) is 10.5. The Hall–Kier alpha value is -1.45. The van der Waals surface area contributed by atoms with Gasteiger partial charge in [-0.1, -0.05) is 6.08 Å². The number of amides is 1. The van der Waals surface area contributed by atoms with E-state index < -0.39 is 29.8 Å². The highest BCUT2D eigenvalue weighted by atomic mass is 79.9. The molecule has 0 radical (unpaired) electrons. The van der Waals surface area contributed by atoms with Crippen molar-refractivity contribution >= 4 is 39.3 Å². The zero-order valence-corrected chi connectivity index (χ0v) is 18.1. The van der Waals surface area contributed by atoms with Crippen LogP contribution in [0.15, 0.2) is 21.6 Å². The summed E-state index contributed by atoms with van der Waals surface area (Å²) in [5.41, 5.74) is 0.406. The first-order chi connectivity index (χ1) is 12.7. The Balaban J connectivity index is 2.18. The average Bonchev–Trinajstić information content (AvgIpc) is 2.99.